The summed E-state index contributed by atoms with van der Waals surface area (Å²) in [7, 11) is 0. The van der Waals surface area contributed by atoms with E-state index in [4.69, 9.17) is 10.00 Å². The number of para-hydroxylation sites is 1. The van der Waals surface area contributed by atoms with Crippen LogP contribution in [0.4, 0.5) is 4.39 Å². The van der Waals surface area contributed by atoms with Crippen LogP contribution in [0.15, 0.2) is 48.5 Å². The van der Waals surface area contributed by atoms with Crippen molar-refractivity contribution < 1.29 is 9.13 Å². The Morgan fingerprint density at radius 3 is 2.67 bits per heavy atom. The van der Waals surface area contributed by atoms with Crippen molar-refractivity contribution in [2.45, 2.75) is 13.0 Å². The molecule has 3 heteroatoms. The van der Waals surface area contributed by atoms with E-state index in [2.05, 4.69) is 0 Å². The summed E-state index contributed by atoms with van der Waals surface area (Å²) in [5, 5.41) is 8.77. The molecular weight excluding hydrogens is 229 g/mol. The third kappa shape index (κ3) is 2.67. The standard InChI is InChI=1S/C15H12FNO/c1-11(10-17)18-15-8-3-2-7-14(15)12-5-4-6-13(16)9-12/h2-9,11H,1H3/t11-/m1/s1. The van der Waals surface area contributed by atoms with Crippen LogP contribution in [-0.2, 0) is 0 Å². The summed E-state index contributed by atoms with van der Waals surface area (Å²) < 4.78 is 18.7. The highest BCUT2D eigenvalue weighted by molar-refractivity contribution is 5.70. The van der Waals surface area contributed by atoms with Gasteiger partial charge in [0.25, 0.3) is 0 Å². The van der Waals surface area contributed by atoms with Crippen LogP contribution in [-0.4, -0.2) is 6.10 Å². The first-order chi connectivity index (χ1) is 8.70. The van der Waals surface area contributed by atoms with Crippen molar-refractivity contribution >= 4 is 0 Å². The second kappa shape index (κ2) is 5.33. The first-order valence-corrected chi connectivity index (χ1v) is 5.62. The molecule has 0 aliphatic rings. The molecule has 2 aromatic carbocycles. The first kappa shape index (κ1) is 12.1. The van der Waals surface area contributed by atoms with Crippen LogP contribution < -0.4 is 4.74 Å². The molecule has 0 aromatic heterocycles. The lowest BCUT2D eigenvalue weighted by atomic mass is 10.0. The van der Waals surface area contributed by atoms with Gasteiger partial charge in [0.2, 0.25) is 0 Å². The molecule has 0 saturated carbocycles. The van der Waals surface area contributed by atoms with Gasteiger partial charge in [0, 0.05) is 5.56 Å². The molecule has 0 bridgehead atoms. The zero-order valence-corrected chi connectivity index (χ0v) is 9.93. The third-order valence-corrected chi connectivity index (χ3v) is 2.51. The number of hydrogen-bond acceptors (Lipinski definition) is 2. The predicted octanol–water partition coefficient (Wildman–Crippen LogP) is 3.78. The van der Waals surface area contributed by atoms with Crippen LogP contribution in [0.25, 0.3) is 11.1 Å². The van der Waals surface area contributed by atoms with Crippen LogP contribution in [0.5, 0.6) is 5.75 Å². The zero-order valence-electron chi connectivity index (χ0n) is 9.93. The molecule has 18 heavy (non-hydrogen) atoms. The average Bonchev–Trinajstić information content (AvgIpc) is 2.39. The topological polar surface area (TPSA) is 33.0 Å². The van der Waals surface area contributed by atoms with Crippen molar-refractivity contribution in [3.8, 4) is 22.9 Å². The fourth-order valence-electron chi connectivity index (χ4n) is 1.68. The average molecular weight is 241 g/mol. The SMILES string of the molecule is C[C@H](C#N)Oc1ccccc1-c1cccc(F)c1. The summed E-state index contributed by atoms with van der Waals surface area (Å²) >= 11 is 0. The smallest absolute Gasteiger partial charge is 0.181 e. The van der Waals surface area contributed by atoms with Crippen molar-refractivity contribution in [1.82, 2.24) is 0 Å². The van der Waals surface area contributed by atoms with Gasteiger partial charge in [0.05, 0.1) is 0 Å². The Labute approximate surface area is 105 Å². The van der Waals surface area contributed by atoms with Gasteiger partial charge in [-0.1, -0.05) is 30.3 Å². The Bertz CT molecular complexity index is 589. The minimum Gasteiger partial charge on any atom is -0.475 e. The number of nitrogens with zero attached hydrogens (tertiary/aromatic N) is 1. The highest BCUT2D eigenvalue weighted by Gasteiger charge is 2.09. The van der Waals surface area contributed by atoms with E-state index in [0.717, 1.165) is 11.1 Å². The molecule has 2 nitrogen and oxygen atoms in total. The molecule has 0 aliphatic carbocycles. The van der Waals surface area contributed by atoms with E-state index in [1.807, 2.05) is 30.3 Å². The van der Waals surface area contributed by atoms with E-state index >= 15 is 0 Å². The molecule has 0 aliphatic heterocycles. The highest BCUT2D eigenvalue weighted by Crippen LogP contribution is 2.30. The molecule has 90 valence electrons. The second-order valence-electron chi connectivity index (χ2n) is 3.90. The van der Waals surface area contributed by atoms with E-state index in [0.29, 0.717) is 5.75 Å². The van der Waals surface area contributed by atoms with Crippen molar-refractivity contribution in [3.63, 3.8) is 0 Å². The number of rotatable bonds is 3. The number of hydrogen-bond donors (Lipinski definition) is 0. The molecule has 2 aromatic rings. The van der Waals surface area contributed by atoms with E-state index in [-0.39, 0.29) is 5.82 Å². The summed E-state index contributed by atoms with van der Waals surface area (Å²) in [6, 6.07) is 15.6. The predicted molar refractivity (Wildman–Crippen MR) is 67.5 cm³/mol. The van der Waals surface area contributed by atoms with Gasteiger partial charge >= 0.3 is 0 Å². The lowest BCUT2D eigenvalue weighted by Gasteiger charge is -2.12. The van der Waals surface area contributed by atoms with Crippen LogP contribution in [0.3, 0.4) is 0 Å². The highest BCUT2D eigenvalue weighted by atomic mass is 19.1. The number of ether oxygens (including phenoxy) is 1. The van der Waals surface area contributed by atoms with E-state index in [9.17, 15) is 4.39 Å². The van der Waals surface area contributed by atoms with Gasteiger partial charge in [-0.15, -0.1) is 0 Å². The van der Waals surface area contributed by atoms with Gasteiger partial charge in [-0.3, -0.25) is 0 Å². The molecule has 0 saturated heterocycles. The van der Waals surface area contributed by atoms with Crippen molar-refractivity contribution in [2.24, 2.45) is 0 Å². The third-order valence-electron chi connectivity index (χ3n) is 2.51. The van der Waals surface area contributed by atoms with Crippen LogP contribution in [0, 0.1) is 17.1 Å². The molecule has 0 amide bonds. The monoisotopic (exact) mass is 241 g/mol. The summed E-state index contributed by atoms with van der Waals surface area (Å²) in [4.78, 5) is 0. The van der Waals surface area contributed by atoms with Gasteiger partial charge in [-0.2, -0.15) is 5.26 Å². The summed E-state index contributed by atoms with van der Waals surface area (Å²) in [5.41, 5.74) is 1.51. The van der Waals surface area contributed by atoms with E-state index < -0.39 is 6.10 Å². The maximum Gasteiger partial charge on any atom is 0.181 e. The molecule has 0 unspecified atom stereocenters. The minimum absolute atomic E-state index is 0.296. The fraction of sp³-hybridized carbons (Fsp3) is 0.133. The maximum absolute atomic E-state index is 13.2. The lowest BCUT2D eigenvalue weighted by molar-refractivity contribution is 0.277. The summed E-state index contributed by atoms with van der Waals surface area (Å²) in [5.74, 6) is 0.285. The summed E-state index contributed by atoms with van der Waals surface area (Å²) in [6.07, 6.45) is -0.542. The molecule has 0 radical (unpaired) electrons. The maximum atomic E-state index is 13.2. The van der Waals surface area contributed by atoms with Gasteiger partial charge in [0.15, 0.2) is 6.10 Å². The first-order valence-electron chi connectivity index (χ1n) is 5.62. The summed E-state index contributed by atoms with van der Waals surface area (Å²) in [6.45, 7) is 1.67. The molecule has 1 atom stereocenters. The van der Waals surface area contributed by atoms with E-state index in [1.165, 1.54) is 12.1 Å². The number of benzene rings is 2. The molecule has 0 spiro atoms. The Hall–Kier alpha value is -2.34. The number of nitriles is 1. The normalized spacial score (nSPS) is 11.6. The largest absolute Gasteiger partial charge is 0.475 e. The molecule has 2 rings (SSSR count). The van der Waals surface area contributed by atoms with Crippen LogP contribution >= 0.6 is 0 Å². The van der Waals surface area contributed by atoms with Crippen LogP contribution in [0.2, 0.25) is 0 Å². The van der Waals surface area contributed by atoms with E-state index in [1.54, 1.807) is 19.1 Å². The van der Waals surface area contributed by atoms with Crippen molar-refractivity contribution in [2.75, 3.05) is 0 Å². The Kier molecular flexibility index (Phi) is 3.59. The molecule has 0 N–H and O–H groups in total. The minimum atomic E-state index is -0.542. The molecular formula is C15H12FNO. The second-order valence-corrected chi connectivity index (χ2v) is 3.90. The number of halogens is 1. The van der Waals surface area contributed by atoms with Crippen LogP contribution in [0.1, 0.15) is 6.92 Å². The molecule has 0 heterocycles. The Morgan fingerprint density at radius 2 is 1.94 bits per heavy atom. The van der Waals surface area contributed by atoms with Gasteiger partial charge in [-0.25, -0.2) is 4.39 Å². The zero-order chi connectivity index (χ0) is 13.0. The van der Waals surface area contributed by atoms with Gasteiger partial charge in [-0.05, 0) is 30.7 Å². The fourth-order valence-corrected chi connectivity index (χ4v) is 1.68. The van der Waals surface area contributed by atoms with Gasteiger partial charge < -0.3 is 4.74 Å². The Balaban J connectivity index is 2.42. The van der Waals surface area contributed by atoms with Crippen molar-refractivity contribution in [1.29, 1.82) is 5.26 Å². The lowest BCUT2D eigenvalue weighted by Crippen LogP contribution is -2.08. The molecule has 0 fully saturated rings. The van der Waals surface area contributed by atoms with Crippen molar-refractivity contribution in [3.05, 3.63) is 54.3 Å². The Morgan fingerprint density at radius 1 is 1.17 bits per heavy atom. The quantitative estimate of drug-likeness (QED) is 0.819. The van der Waals surface area contributed by atoms with Gasteiger partial charge in [0.1, 0.15) is 17.6 Å².